The molecule has 0 aliphatic carbocycles. The monoisotopic (exact) mass is 430 g/mol. The fourth-order valence-electron chi connectivity index (χ4n) is 3.55. The molecule has 0 bridgehead atoms. The van der Waals surface area contributed by atoms with Gasteiger partial charge in [0.2, 0.25) is 0 Å². The normalized spacial score (nSPS) is 18.6. The van der Waals surface area contributed by atoms with Crippen LogP contribution in [0.25, 0.3) is 11.7 Å². The van der Waals surface area contributed by atoms with Crippen LogP contribution in [0.4, 0.5) is 5.82 Å². The van der Waals surface area contributed by atoms with Gasteiger partial charge in [-0.25, -0.2) is 4.98 Å². The predicted molar refractivity (Wildman–Crippen MR) is 119 cm³/mol. The number of anilines is 1. The summed E-state index contributed by atoms with van der Waals surface area (Å²) >= 11 is 6.57. The van der Waals surface area contributed by atoms with Gasteiger partial charge in [0.05, 0.1) is 23.6 Å². The van der Waals surface area contributed by atoms with Crippen molar-refractivity contribution in [2.45, 2.75) is 19.8 Å². The molecule has 0 unspecified atom stereocenters. The summed E-state index contributed by atoms with van der Waals surface area (Å²) in [6, 6.07) is 3.79. The highest BCUT2D eigenvalue weighted by Gasteiger charge is 2.32. The average molecular weight is 431 g/mol. The zero-order chi connectivity index (χ0) is 20.5. The lowest BCUT2D eigenvalue weighted by atomic mass is 10.2. The van der Waals surface area contributed by atoms with Crippen molar-refractivity contribution < 1.29 is 9.53 Å². The number of thiocarbonyl (C=S) groups is 1. The maximum absolute atomic E-state index is 13.4. The first kappa shape index (κ1) is 20.1. The van der Waals surface area contributed by atoms with E-state index in [1.54, 1.807) is 23.8 Å². The third kappa shape index (κ3) is 3.82. The number of rotatable bonds is 5. The minimum absolute atomic E-state index is 0.178. The number of aryl methyl sites for hydroxylation is 1. The molecule has 0 radical (unpaired) electrons. The predicted octanol–water partition coefficient (Wildman–Crippen LogP) is 2.45. The summed E-state index contributed by atoms with van der Waals surface area (Å²) in [5, 5.41) is 0. The molecule has 2 aromatic heterocycles. The number of ether oxygens (including phenoxy) is 1. The topological polar surface area (TPSA) is 67.2 Å². The molecule has 2 aliphatic heterocycles. The number of aromatic nitrogens is 2. The molecule has 2 aromatic rings. The summed E-state index contributed by atoms with van der Waals surface area (Å²) in [4.78, 5) is 35.0. The van der Waals surface area contributed by atoms with E-state index in [1.807, 2.05) is 19.1 Å². The average Bonchev–Trinajstić information content (AvgIpc) is 3.32. The second kappa shape index (κ2) is 8.25. The van der Waals surface area contributed by atoms with Gasteiger partial charge in [0, 0.05) is 26.4 Å². The Morgan fingerprint density at radius 2 is 2.03 bits per heavy atom. The highest BCUT2D eigenvalue weighted by Crippen LogP contribution is 2.33. The summed E-state index contributed by atoms with van der Waals surface area (Å²) in [6.45, 7) is 4.43. The lowest BCUT2D eigenvalue weighted by molar-refractivity contribution is -0.122. The molecular formula is C20H22N4O3S2. The highest BCUT2D eigenvalue weighted by molar-refractivity contribution is 8.26. The van der Waals surface area contributed by atoms with Crippen LogP contribution in [0, 0.1) is 6.92 Å². The van der Waals surface area contributed by atoms with E-state index >= 15 is 0 Å². The van der Waals surface area contributed by atoms with Crippen molar-refractivity contribution in [2.24, 2.45) is 0 Å². The minimum atomic E-state index is -0.196. The van der Waals surface area contributed by atoms with Crippen LogP contribution in [0.15, 0.2) is 28.0 Å². The number of hydrogen-bond acceptors (Lipinski definition) is 7. The Balaban J connectivity index is 1.83. The van der Waals surface area contributed by atoms with Crippen molar-refractivity contribution >= 4 is 51.7 Å². The number of carbonyl (C=O) groups excluding carboxylic acids is 1. The van der Waals surface area contributed by atoms with Gasteiger partial charge in [-0.05, 0) is 37.5 Å². The first-order valence-corrected chi connectivity index (χ1v) is 10.7. The molecule has 0 N–H and O–H groups in total. The van der Waals surface area contributed by atoms with E-state index < -0.39 is 0 Å². The Morgan fingerprint density at radius 3 is 2.76 bits per heavy atom. The standard InChI is InChI=1S/C20H22N4O3S2/c1-13-5-6-16-21-17(22-7-3-4-8-22)14(18(25)24(16)12-13)11-15-19(26)23(9-10-27-2)20(28)29-15/h5-6,11-12H,3-4,7-10H2,1-2H3. The number of nitrogens with zero attached hydrogens (tertiary/aromatic N) is 4. The Kier molecular flexibility index (Phi) is 5.71. The molecule has 2 saturated heterocycles. The summed E-state index contributed by atoms with van der Waals surface area (Å²) in [5.41, 5.74) is 1.82. The van der Waals surface area contributed by atoms with E-state index in [0.29, 0.717) is 39.4 Å². The van der Waals surface area contributed by atoms with E-state index in [2.05, 4.69) is 4.90 Å². The molecule has 4 rings (SSSR count). The molecule has 9 heteroatoms. The molecule has 29 heavy (non-hydrogen) atoms. The molecule has 0 saturated carbocycles. The number of hydrogen-bond donors (Lipinski definition) is 0. The molecule has 2 fully saturated rings. The minimum Gasteiger partial charge on any atom is -0.383 e. The van der Waals surface area contributed by atoms with Crippen molar-refractivity contribution in [3.05, 3.63) is 44.7 Å². The number of fused-ring (bicyclic) bond motifs is 1. The Morgan fingerprint density at radius 1 is 1.28 bits per heavy atom. The second-order valence-corrected chi connectivity index (χ2v) is 8.78. The Hall–Kier alpha value is -2.23. The van der Waals surface area contributed by atoms with E-state index in [-0.39, 0.29) is 11.5 Å². The number of pyridine rings is 1. The van der Waals surface area contributed by atoms with E-state index in [1.165, 1.54) is 16.7 Å². The van der Waals surface area contributed by atoms with Crippen LogP contribution in [0.2, 0.25) is 0 Å². The van der Waals surface area contributed by atoms with Gasteiger partial charge in [-0.3, -0.25) is 18.9 Å². The Bertz CT molecular complexity index is 1070. The van der Waals surface area contributed by atoms with Gasteiger partial charge in [-0.15, -0.1) is 0 Å². The summed E-state index contributed by atoms with van der Waals surface area (Å²) < 4.78 is 7.09. The molecule has 4 heterocycles. The molecule has 0 spiro atoms. The quantitative estimate of drug-likeness (QED) is 0.533. The van der Waals surface area contributed by atoms with Gasteiger partial charge in [0.25, 0.3) is 11.5 Å². The van der Waals surface area contributed by atoms with Crippen LogP contribution < -0.4 is 10.5 Å². The van der Waals surface area contributed by atoms with E-state index in [9.17, 15) is 9.59 Å². The van der Waals surface area contributed by atoms with Crippen molar-refractivity contribution in [3.63, 3.8) is 0 Å². The third-order valence-corrected chi connectivity index (χ3v) is 6.44. The Labute approximate surface area is 178 Å². The zero-order valence-corrected chi connectivity index (χ0v) is 18.0. The summed E-state index contributed by atoms with van der Waals surface area (Å²) in [6.07, 6.45) is 5.56. The lowest BCUT2D eigenvalue weighted by Gasteiger charge is -2.19. The number of thioether (sulfide) groups is 1. The van der Waals surface area contributed by atoms with Gasteiger partial charge >= 0.3 is 0 Å². The molecule has 7 nitrogen and oxygen atoms in total. The van der Waals surface area contributed by atoms with E-state index in [0.717, 1.165) is 31.5 Å². The van der Waals surface area contributed by atoms with Crippen molar-refractivity contribution in [2.75, 3.05) is 38.3 Å². The number of carbonyl (C=O) groups is 1. The van der Waals surface area contributed by atoms with Gasteiger partial charge in [0.15, 0.2) is 0 Å². The molecule has 152 valence electrons. The van der Waals surface area contributed by atoms with Crippen LogP contribution in [0.5, 0.6) is 0 Å². The van der Waals surface area contributed by atoms with Crippen LogP contribution >= 0.6 is 24.0 Å². The SMILES string of the molecule is COCCN1C(=O)C(=Cc2c(N3CCCC3)nc3ccc(C)cn3c2=O)SC1=S. The highest BCUT2D eigenvalue weighted by atomic mass is 32.2. The molecule has 2 aliphatic rings. The number of methoxy groups -OCH3 is 1. The molecule has 0 atom stereocenters. The molecule has 1 amide bonds. The summed E-state index contributed by atoms with van der Waals surface area (Å²) in [7, 11) is 1.58. The van der Waals surface area contributed by atoms with Gasteiger partial charge in [-0.1, -0.05) is 30.0 Å². The van der Waals surface area contributed by atoms with Crippen LogP contribution in [-0.4, -0.2) is 57.9 Å². The second-order valence-electron chi connectivity index (χ2n) is 7.11. The maximum atomic E-state index is 13.4. The smallest absolute Gasteiger partial charge is 0.267 e. The third-order valence-electron chi connectivity index (χ3n) is 5.06. The summed E-state index contributed by atoms with van der Waals surface area (Å²) in [5.74, 6) is 0.441. The van der Waals surface area contributed by atoms with Gasteiger partial charge in [-0.2, -0.15) is 0 Å². The van der Waals surface area contributed by atoms with Crippen LogP contribution in [-0.2, 0) is 9.53 Å². The van der Waals surface area contributed by atoms with E-state index in [4.69, 9.17) is 21.9 Å². The molecular weight excluding hydrogens is 408 g/mol. The first-order valence-electron chi connectivity index (χ1n) is 9.52. The number of amides is 1. The van der Waals surface area contributed by atoms with Crippen molar-refractivity contribution in [1.82, 2.24) is 14.3 Å². The molecule has 0 aromatic carbocycles. The fourth-order valence-corrected chi connectivity index (χ4v) is 4.84. The largest absolute Gasteiger partial charge is 0.383 e. The van der Waals surface area contributed by atoms with Crippen LogP contribution in [0.3, 0.4) is 0 Å². The van der Waals surface area contributed by atoms with Crippen molar-refractivity contribution in [1.29, 1.82) is 0 Å². The lowest BCUT2D eigenvalue weighted by Crippen LogP contribution is -2.31. The van der Waals surface area contributed by atoms with Gasteiger partial charge in [0.1, 0.15) is 15.8 Å². The fraction of sp³-hybridized carbons (Fsp3) is 0.400. The van der Waals surface area contributed by atoms with Gasteiger partial charge < -0.3 is 9.64 Å². The maximum Gasteiger partial charge on any atom is 0.267 e. The van der Waals surface area contributed by atoms with Crippen LogP contribution in [0.1, 0.15) is 24.0 Å². The zero-order valence-electron chi connectivity index (χ0n) is 16.4. The van der Waals surface area contributed by atoms with Crippen molar-refractivity contribution in [3.8, 4) is 0 Å². The first-order chi connectivity index (χ1) is 14.0.